The van der Waals surface area contributed by atoms with Crippen LogP contribution in [0.2, 0.25) is 0 Å². The molecule has 1 aliphatic heterocycles. The van der Waals surface area contributed by atoms with Crippen LogP contribution in [0.3, 0.4) is 0 Å². The van der Waals surface area contributed by atoms with Crippen LogP contribution in [-0.2, 0) is 0 Å². The minimum Gasteiger partial charge on any atom is -0.494 e. The molecule has 0 aliphatic carbocycles. The maximum absolute atomic E-state index is 12.8. The van der Waals surface area contributed by atoms with Gasteiger partial charge in [-0.15, -0.1) is 0 Å². The summed E-state index contributed by atoms with van der Waals surface area (Å²) >= 11 is 0. The summed E-state index contributed by atoms with van der Waals surface area (Å²) in [5, 5.41) is 2.81. The SMILES string of the molecule is CCOc1ccc(N2C(=O)c3ccc(C(=O)NCC(C)C)cc3C2=O)cc1. The topological polar surface area (TPSA) is 75.7 Å². The summed E-state index contributed by atoms with van der Waals surface area (Å²) in [6.45, 7) is 6.96. The molecule has 0 spiro atoms. The van der Waals surface area contributed by atoms with Crippen LogP contribution in [0.1, 0.15) is 51.8 Å². The second-order valence-corrected chi connectivity index (χ2v) is 6.74. The number of imide groups is 1. The van der Waals surface area contributed by atoms with Crippen molar-refractivity contribution in [2.24, 2.45) is 5.92 Å². The first-order chi connectivity index (χ1) is 12.9. The van der Waals surface area contributed by atoms with Crippen LogP contribution in [0, 0.1) is 5.92 Å². The number of amides is 3. The van der Waals surface area contributed by atoms with E-state index in [1.54, 1.807) is 30.3 Å². The molecule has 1 aliphatic rings. The molecule has 1 N–H and O–H groups in total. The summed E-state index contributed by atoms with van der Waals surface area (Å²) in [6, 6.07) is 11.4. The average molecular weight is 366 g/mol. The van der Waals surface area contributed by atoms with Gasteiger partial charge in [0.1, 0.15) is 5.75 Å². The Hall–Kier alpha value is -3.15. The van der Waals surface area contributed by atoms with Gasteiger partial charge in [-0.25, -0.2) is 4.90 Å². The van der Waals surface area contributed by atoms with Gasteiger partial charge in [-0.1, -0.05) is 13.8 Å². The number of carbonyl (C=O) groups is 3. The molecule has 1 heterocycles. The maximum atomic E-state index is 12.8. The zero-order valence-corrected chi connectivity index (χ0v) is 15.6. The molecule has 2 aromatic rings. The van der Waals surface area contributed by atoms with E-state index in [1.807, 2.05) is 20.8 Å². The Balaban J connectivity index is 1.85. The number of nitrogens with zero attached hydrogens (tertiary/aromatic N) is 1. The standard InChI is InChI=1S/C21H22N2O4/c1-4-27-16-8-6-15(7-9-16)23-20(25)17-10-5-14(11-18(17)21(23)26)19(24)22-12-13(2)3/h5-11,13H,4,12H2,1-3H3,(H,22,24). The molecule has 27 heavy (non-hydrogen) atoms. The van der Waals surface area contributed by atoms with Crippen LogP contribution in [0.4, 0.5) is 5.69 Å². The smallest absolute Gasteiger partial charge is 0.266 e. The molecule has 0 bridgehead atoms. The molecule has 6 nitrogen and oxygen atoms in total. The Bertz CT molecular complexity index is 888. The zero-order valence-electron chi connectivity index (χ0n) is 15.6. The number of fused-ring (bicyclic) bond motifs is 1. The molecule has 0 aromatic heterocycles. The molecular weight excluding hydrogens is 344 g/mol. The molecule has 140 valence electrons. The van der Waals surface area contributed by atoms with Crippen molar-refractivity contribution in [1.29, 1.82) is 0 Å². The number of hydrogen-bond donors (Lipinski definition) is 1. The number of carbonyl (C=O) groups excluding carboxylic acids is 3. The third kappa shape index (κ3) is 3.69. The summed E-state index contributed by atoms with van der Waals surface area (Å²) in [6.07, 6.45) is 0. The van der Waals surface area contributed by atoms with E-state index in [1.165, 1.54) is 12.1 Å². The van der Waals surface area contributed by atoms with E-state index < -0.39 is 11.8 Å². The molecule has 3 amide bonds. The number of benzene rings is 2. The van der Waals surface area contributed by atoms with E-state index in [-0.39, 0.29) is 11.5 Å². The highest BCUT2D eigenvalue weighted by molar-refractivity contribution is 6.34. The maximum Gasteiger partial charge on any atom is 0.266 e. The molecule has 0 radical (unpaired) electrons. The monoisotopic (exact) mass is 366 g/mol. The fraction of sp³-hybridized carbons (Fsp3) is 0.286. The minimum absolute atomic E-state index is 0.242. The highest BCUT2D eigenvalue weighted by atomic mass is 16.5. The molecule has 6 heteroatoms. The van der Waals surface area contributed by atoms with Crippen LogP contribution in [0.5, 0.6) is 5.75 Å². The molecule has 2 aromatic carbocycles. The second kappa shape index (κ2) is 7.61. The van der Waals surface area contributed by atoms with Crippen molar-refractivity contribution in [3.8, 4) is 5.75 Å². The van der Waals surface area contributed by atoms with Gasteiger partial charge >= 0.3 is 0 Å². The van der Waals surface area contributed by atoms with E-state index in [0.717, 1.165) is 4.90 Å². The van der Waals surface area contributed by atoms with Crippen LogP contribution < -0.4 is 15.0 Å². The molecule has 0 unspecified atom stereocenters. The summed E-state index contributed by atoms with van der Waals surface area (Å²) in [4.78, 5) is 38.9. The summed E-state index contributed by atoms with van der Waals surface area (Å²) < 4.78 is 5.39. The number of ether oxygens (including phenoxy) is 1. The van der Waals surface area contributed by atoms with Gasteiger partial charge in [-0.2, -0.15) is 0 Å². The minimum atomic E-state index is -0.433. The zero-order chi connectivity index (χ0) is 19.6. The molecule has 0 saturated heterocycles. The average Bonchev–Trinajstić information content (AvgIpc) is 2.91. The van der Waals surface area contributed by atoms with Crippen LogP contribution in [0.15, 0.2) is 42.5 Å². The van der Waals surface area contributed by atoms with Crippen LogP contribution in [0.25, 0.3) is 0 Å². The van der Waals surface area contributed by atoms with Gasteiger partial charge in [-0.3, -0.25) is 14.4 Å². The van der Waals surface area contributed by atoms with Crippen molar-refractivity contribution in [3.05, 3.63) is 59.2 Å². The fourth-order valence-corrected chi connectivity index (χ4v) is 2.87. The number of rotatable bonds is 6. The molecule has 0 fully saturated rings. The third-order valence-corrected chi connectivity index (χ3v) is 4.23. The summed E-state index contributed by atoms with van der Waals surface area (Å²) in [5.74, 6) is -0.0964. The van der Waals surface area contributed by atoms with Crippen molar-refractivity contribution in [2.45, 2.75) is 20.8 Å². The van der Waals surface area contributed by atoms with Crippen LogP contribution in [-0.4, -0.2) is 30.9 Å². The highest BCUT2D eigenvalue weighted by Gasteiger charge is 2.37. The van der Waals surface area contributed by atoms with Crippen molar-refractivity contribution in [3.63, 3.8) is 0 Å². The van der Waals surface area contributed by atoms with Gasteiger partial charge in [-0.05, 0) is 55.3 Å². The van der Waals surface area contributed by atoms with E-state index >= 15 is 0 Å². The summed E-state index contributed by atoms with van der Waals surface area (Å²) in [7, 11) is 0. The first-order valence-electron chi connectivity index (χ1n) is 8.96. The van der Waals surface area contributed by atoms with Crippen molar-refractivity contribution in [2.75, 3.05) is 18.1 Å². The lowest BCUT2D eigenvalue weighted by atomic mass is 10.1. The Morgan fingerprint density at radius 3 is 2.33 bits per heavy atom. The number of hydrogen-bond acceptors (Lipinski definition) is 4. The third-order valence-electron chi connectivity index (χ3n) is 4.23. The van der Waals surface area contributed by atoms with E-state index in [0.29, 0.717) is 41.6 Å². The first-order valence-corrected chi connectivity index (χ1v) is 8.96. The quantitative estimate of drug-likeness (QED) is 0.796. The lowest BCUT2D eigenvalue weighted by Crippen LogP contribution is -2.29. The Kier molecular flexibility index (Phi) is 5.26. The van der Waals surface area contributed by atoms with E-state index in [9.17, 15) is 14.4 Å². The molecular formula is C21H22N2O4. The van der Waals surface area contributed by atoms with Gasteiger partial charge in [0.2, 0.25) is 0 Å². The number of nitrogens with one attached hydrogen (secondary N) is 1. The normalized spacial score (nSPS) is 13.1. The number of anilines is 1. The molecule has 0 atom stereocenters. The summed E-state index contributed by atoms with van der Waals surface area (Å²) in [5.41, 5.74) is 1.37. The predicted molar refractivity (Wildman–Crippen MR) is 102 cm³/mol. The van der Waals surface area contributed by atoms with Crippen molar-refractivity contribution >= 4 is 23.4 Å². The van der Waals surface area contributed by atoms with Crippen molar-refractivity contribution < 1.29 is 19.1 Å². The fourth-order valence-electron chi connectivity index (χ4n) is 2.87. The Morgan fingerprint density at radius 1 is 1.04 bits per heavy atom. The van der Waals surface area contributed by atoms with Gasteiger partial charge in [0.05, 0.1) is 23.4 Å². The lowest BCUT2D eigenvalue weighted by molar-refractivity contribution is 0.0923. The van der Waals surface area contributed by atoms with E-state index in [2.05, 4.69) is 5.32 Å². The van der Waals surface area contributed by atoms with Crippen LogP contribution >= 0.6 is 0 Å². The Morgan fingerprint density at radius 2 is 1.70 bits per heavy atom. The van der Waals surface area contributed by atoms with Gasteiger partial charge in [0, 0.05) is 12.1 Å². The largest absolute Gasteiger partial charge is 0.494 e. The molecule has 0 saturated carbocycles. The lowest BCUT2D eigenvalue weighted by Gasteiger charge is -2.14. The van der Waals surface area contributed by atoms with Gasteiger partial charge in [0.15, 0.2) is 0 Å². The van der Waals surface area contributed by atoms with Crippen molar-refractivity contribution in [1.82, 2.24) is 5.32 Å². The van der Waals surface area contributed by atoms with Gasteiger partial charge in [0.25, 0.3) is 17.7 Å². The second-order valence-electron chi connectivity index (χ2n) is 6.74. The van der Waals surface area contributed by atoms with E-state index in [4.69, 9.17) is 4.74 Å². The predicted octanol–water partition coefficient (Wildman–Crippen LogP) is 3.27. The first kappa shape index (κ1) is 18.6. The molecule has 3 rings (SSSR count). The highest BCUT2D eigenvalue weighted by Crippen LogP contribution is 2.30. The van der Waals surface area contributed by atoms with Gasteiger partial charge < -0.3 is 10.1 Å². The Labute approximate surface area is 158 Å².